The number of anilines is 1. The molecule has 3 aromatic rings. The number of nitrogen functional groups attached to an aromatic ring is 1. The summed E-state index contributed by atoms with van der Waals surface area (Å²) >= 11 is 0. The molecule has 0 amide bonds. The van der Waals surface area contributed by atoms with Crippen molar-refractivity contribution in [1.82, 2.24) is 25.3 Å². The number of hydrogen-bond acceptors (Lipinski definition) is 6. The van der Waals surface area contributed by atoms with E-state index in [0.717, 1.165) is 76.8 Å². The average Bonchev–Trinajstić information content (AvgIpc) is 3.66. The first kappa shape index (κ1) is 24.7. The standard InChI is InChI=1S/C30H36N6O/c1-20-8-9-25(23(4)34-26-10-11-26)17-29(20)36-30(31)28(18-33-36)22(3)24-6-5-7-27(16-24)37-19-21(2)35-14-12-32-13-15-35/h5-9,16-18,26,32,34H,2-4,10-15,19,31H2,1H3. The van der Waals surface area contributed by atoms with Crippen molar-refractivity contribution >= 4 is 17.1 Å². The molecule has 1 saturated heterocycles. The summed E-state index contributed by atoms with van der Waals surface area (Å²) in [5.41, 5.74) is 14.1. The van der Waals surface area contributed by atoms with E-state index in [1.807, 2.05) is 24.3 Å². The molecule has 2 fully saturated rings. The Hall–Kier alpha value is -3.97. The van der Waals surface area contributed by atoms with Crippen LogP contribution in [0.5, 0.6) is 5.75 Å². The Morgan fingerprint density at radius 2 is 1.89 bits per heavy atom. The predicted octanol–water partition coefficient (Wildman–Crippen LogP) is 4.34. The Balaban J connectivity index is 1.31. The lowest BCUT2D eigenvalue weighted by molar-refractivity contribution is 0.245. The van der Waals surface area contributed by atoms with Crippen molar-refractivity contribution in [3.05, 3.63) is 96.3 Å². The largest absolute Gasteiger partial charge is 0.487 e. The van der Waals surface area contributed by atoms with Crippen molar-refractivity contribution < 1.29 is 4.74 Å². The molecule has 192 valence electrons. The van der Waals surface area contributed by atoms with Crippen LogP contribution in [0.1, 0.15) is 35.1 Å². The maximum atomic E-state index is 6.63. The Bertz CT molecular complexity index is 1330. The van der Waals surface area contributed by atoms with Crippen LogP contribution >= 0.6 is 0 Å². The monoisotopic (exact) mass is 496 g/mol. The summed E-state index contributed by atoms with van der Waals surface area (Å²) in [6, 6.07) is 14.7. The molecule has 2 aromatic carbocycles. The van der Waals surface area contributed by atoms with Gasteiger partial charge in [-0.3, -0.25) is 0 Å². The van der Waals surface area contributed by atoms with Crippen LogP contribution in [0.4, 0.5) is 5.82 Å². The van der Waals surface area contributed by atoms with Gasteiger partial charge in [-0.2, -0.15) is 5.10 Å². The molecule has 37 heavy (non-hydrogen) atoms. The number of benzene rings is 2. The molecule has 0 unspecified atom stereocenters. The molecule has 1 saturated carbocycles. The second kappa shape index (κ2) is 10.6. The Morgan fingerprint density at radius 3 is 2.65 bits per heavy atom. The van der Waals surface area contributed by atoms with Gasteiger partial charge in [0.25, 0.3) is 0 Å². The minimum Gasteiger partial charge on any atom is -0.487 e. The summed E-state index contributed by atoms with van der Waals surface area (Å²) in [4.78, 5) is 2.27. The van der Waals surface area contributed by atoms with Crippen LogP contribution in [0.2, 0.25) is 0 Å². The molecule has 2 heterocycles. The Kier molecular flexibility index (Phi) is 7.06. The fourth-order valence-electron chi connectivity index (χ4n) is 4.53. The van der Waals surface area contributed by atoms with Crippen molar-refractivity contribution in [3.63, 3.8) is 0 Å². The van der Waals surface area contributed by atoms with Gasteiger partial charge in [0.15, 0.2) is 0 Å². The molecule has 5 rings (SSSR count). The number of piperazine rings is 1. The third-order valence-electron chi connectivity index (χ3n) is 7.03. The minimum atomic E-state index is 0.451. The van der Waals surface area contributed by atoms with Crippen molar-refractivity contribution in [2.24, 2.45) is 0 Å². The number of rotatable bonds is 10. The van der Waals surface area contributed by atoms with Crippen LogP contribution in [-0.4, -0.2) is 53.5 Å². The van der Waals surface area contributed by atoms with E-state index in [-0.39, 0.29) is 0 Å². The van der Waals surface area contributed by atoms with E-state index in [4.69, 9.17) is 10.5 Å². The molecular formula is C30H36N6O. The minimum absolute atomic E-state index is 0.451. The number of nitrogens with zero attached hydrogens (tertiary/aromatic N) is 3. The van der Waals surface area contributed by atoms with Crippen molar-refractivity contribution in [1.29, 1.82) is 0 Å². The van der Waals surface area contributed by atoms with Gasteiger partial charge < -0.3 is 26.0 Å². The van der Waals surface area contributed by atoms with E-state index in [0.29, 0.717) is 18.5 Å². The highest BCUT2D eigenvalue weighted by Gasteiger charge is 2.22. The normalized spacial score (nSPS) is 15.3. The zero-order chi connectivity index (χ0) is 25.9. The summed E-state index contributed by atoms with van der Waals surface area (Å²) in [5, 5.41) is 11.5. The van der Waals surface area contributed by atoms with Gasteiger partial charge in [-0.15, -0.1) is 0 Å². The summed E-state index contributed by atoms with van der Waals surface area (Å²) < 4.78 is 7.85. The fourth-order valence-corrected chi connectivity index (χ4v) is 4.53. The zero-order valence-corrected chi connectivity index (χ0v) is 21.6. The van der Waals surface area contributed by atoms with E-state index in [1.54, 1.807) is 10.9 Å². The molecule has 0 bridgehead atoms. The first-order valence-electron chi connectivity index (χ1n) is 12.9. The Morgan fingerprint density at radius 1 is 1.11 bits per heavy atom. The van der Waals surface area contributed by atoms with Crippen LogP contribution in [0.15, 0.2) is 74.1 Å². The van der Waals surface area contributed by atoms with Gasteiger partial charge in [0.1, 0.15) is 18.2 Å². The number of hydrogen-bond donors (Lipinski definition) is 3. The van der Waals surface area contributed by atoms with E-state index >= 15 is 0 Å². The Labute approximate surface area is 219 Å². The molecule has 1 aromatic heterocycles. The van der Waals surface area contributed by atoms with Crippen LogP contribution in [0.3, 0.4) is 0 Å². The first-order valence-corrected chi connectivity index (χ1v) is 12.9. The SMILES string of the molecule is C=C(NC1CC1)c1ccc(C)c(-n2ncc(C(=C)c3cccc(OCC(=C)N4CCNCC4)c3)c2N)c1. The highest BCUT2D eigenvalue weighted by atomic mass is 16.5. The number of ether oxygens (including phenoxy) is 1. The van der Waals surface area contributed by atoms with Gasteiger partial charge in [0.2, 0.25) is 0 Å². The van der Waals surface area contributed by atoms with Gasteiger partial charge in [0.05, 0.1) is 11.9 Å². The van der Waals surface area contributed by atoms with Gasteiger partial charge in [0, 0.05) is 49.2 Å². The molecule has 2 aliphatic rings. The maximum Gasteiger partial charge on any atom is 0.135 e. The maximum absolute atomic E-state index is 6.63. The molecule has 7 heteroatoms. The van der Waals surface area contributed by atoms with Crippen LogP contribution in [0.25, 0.3) is 17.0 Å². The number of aryl methyl sites for hydroxylation is 1. The second-order valence-corrected chi connectivity index (χ2v) is 9.85. The molecule has 4 N–H and O–H groups in total. The third-order valence-corrected chi connectivity index (χ3v) is 7.03. The van der Waals surface area contributed by atoms with Gasteiger partial charge in [-0.1, -0.05) is 44.0 Å². The van der Waals surface area contributed by atoms with Gasteiger partial charge in [-0.25, -0.2) is 4.68 Å². The second-order valence-electron chi connectivity index (χ2n) is 9.85. The third kappa shape index (κ3) is 5.57. The molecule has 0 spiro atoms. The average molecular weight is 497 g/mol. The van der Waals surface area contributed by atoms with Crippen molar-refractivity contribution in [3.8, 4) is 11.4 Å². The quantitative estimate of drug-likeness (QED) is 0.387. The number of nitrogens with two attached hydrogens (primary N) is 1. The molecular weight excluding hydrogens is 460 g/mol. The lowest BCUT2D eigenvalue weighted by Gasteiger charge is -2.30. The van der Waals surface area contributed by atoms with Crippen LogP contribution in [0, 0.1) is 6.92 Å². The van der Waals surface area contributed by atoms with Crippen molar-refractivity contribution in [2.75, 3.05) is 38.5 Å². The summed E-state index contributed by atoms with van der Waals surface area (Å²) in [6.07, 6.45) is 4.18. The molecule has 1 aliphatic heterocycles. The summed E-state index contributed by atoms with van der Waals surface area (Å²) in [7, 11) is 0. The van der Waals surface area contributed by atoms with E-state index in [1.165, 1.54) is 12.8 Å². The van der Waals surface area contributed by atoms with Crippen molar-refractivity contribution in [2.45, 2.75) is 25.8 Å². The molecule has 0 atom stereocenters. The number of aromatic nitrogens is 2. The molecule has 1 aliphatic carbocycles. The van der Waals surface area contributed by atoms with Crippen LogP contribution in [-0.2, 0) is 0 Å². The molecule has 0 radical (unpaired) electrons. The molecule has 7 nitrogen and oxygen atoms in total. The lowest BCUT2D eigenvalue weighted by Crippen LogP contribution is -2.43. The highest BCUT2D eigenvalue weighted by Crippen LogP contribution is 2.31. The van der Waals surface area contributed by atoms with E-state index < -0.39 is 0 Å². The smallest absolute Gasteiger partial charge is 0.135 e. The van der Waals surface area contributed by atoms with Crippen LogP contribution < -0.4 is 21.1 Å². The predicted molar refractivity (Wildman–Crippen MR) is 152 cm³/mol. The van der Waals surface area contributed by atoms with E-state index in [2.05, 4.69) is 65.5 Å². The van der Waals surface area contributed by atoms with E-state index in [9.17, 15) is 0 Å². The summed E-state index contributed by atoms with van der Waals surface area (Å²) in [5.74, 6) is 1.32. The summed E-state index contributed by atoms with van der Waals surface area (Å²) in [6.45, 7) is 19.1. The first-order chi connectivity index (χ1) is 17.9. The highest BCUT2D eigenvalue weighted by molar-refractivity contribution is 5.84. The topological polar surface area (TPSA) is 80.4 Å². The number of nitrogens with one attached hydrogen (secondary N) is 2. The fraction of sp³-hybridized carbons (Fsp3) is 0.300. The lowest BCUT2D eigenvalue weighted by atomic mass is 10.0. The van der Waals surface area contributed by atoms with Gasteiger partial charge in [-0.05, 0) is 60.2 Å². The zero-order valence-electron chi connectivity index (χ0n) is 21.6. The van der Waals surface area contributed by atoms with Gasteiger partial charge >= 0.3 is 0 Å².